The van der Waals surface area contributed by atoms with Crippen LogP contribution in [0.2, 0.25) is 0 Å². The molecule has 0 bridgehead atoms. The predicted molar refractivity (Wildman–Crippen MR) is 46.5 cm³/mol. The summed E-state index contributed by atoms with van der Waals surface area (Å²) in [6, 6.07) is 0. The zero-order valence-electron chi connectivity index (χ0n) is 8.69. The molecule has 0 radical (unpaired) electrons. The van der Waals surface area contributed by atoms with Gasteiger partial charge in [0, 0.05) is 6.61 Å². The maximum atomic E-state index is 5.54. The van der Waals surface area contributed by atoms with Gasteiger partial charge in [-0.2, -0.15) is 0 Å². The summed E-state index contributed by atoms with van der Waals surface area (Å²) in [4.78, 5) is 0. The molecule has 0 aromatic carbocycles. The van der Waals surface area contributed by atoms with Gasteiger partial charge in [-0.15, -0.1) is 6.20 Å². The van der Waals surface area contributed by atoms with Gasteiger partial charge >= 0.3 is 18.9 Å². The standard InChI is InChI=1S/C9H13N2O2.Li/c1-12-8-6-10-11(7-8)9-4-2-3-5-13-9;/h6,9H,2-5H2,1H3;/q-1;+1. The second kappa shape index (κ2) is 5.45. The number of rotatable bonds is 2. The minimum atomic E-state index is 0. The van der Waals surface area contributed by atoms with Crippen LogP contribution in [0.25, 0.3) is 0 Å². The van der Waals surface area contributed by atoms with E-state index in [2.05, 4.69) is 11.3 Å². The topological polar surface area (TPSA) is 36.3 Å². The average Bonchev–Trinajstić information content (AvgIpc) is 2.67. The second-order valence-electron chi connectivity index (χ2n) is 3.09. The quantitative estimate of drug-likeness (QED) is 0.414. The largest absolute Gasteiger partial charge is 1.00 e. The summed E-state index contributed by atoms with van der Waals surface area (Å²) >= 11 is 0. The minimum absolute atomic E-state index is 0. The summed E-state index contributed by atoms with van der Waals surface area (Å²) in [7, 11) is 1.61. The molecule has 0 saturated carbocycles. The Morgan fingerprint density at radius 3 is 3.07 bits per heavy atom. The summed E-state index contributed by atoms with van der Waals surface area (Å²) in [6.45, 7) is 0.820. The fourth-order valence-electron chi connectivity index (χ4n) is 1.45. The van der Waals surface area contributed by atoms with Crippen molar-refractivity contribution in [3.05, 3.63) is 12.4 Å². The maximum absolute atomic E-state index is 5.54. The number of methoxy groups -OCH3 is 1. The molecule has 1 aromatic rings. The molecule has 1 atom stereocenters. The SMILES string of the molecule is COc1[c-]n(C2CCCCO2)nc1.[Li+]. The van der Waals surface area contributed by atoms with Crippen LogP contribution in [0.1, 0.15) is 25.5 Å². The molecule has 1 unspecified atom stereocenters. The van der Waals surface area contributed by atoms with Crippen LogP contribution >= 0.6 is 0 Å². The zero-order chi connectivity index (χ0) is 9.10. The predicted octanol–water partition coefficient (Wildman–Crippen LogP) is -1.61. The first-order valence-electron chi connectivity index (χ1n) is 4.52. The Balaban J connectivity index is 0.000000980. The molecule has 0 spiro atoms. The van der Waals surface area contributed by atoms with Gasteiger partial charge in [-0.3, -0.25) is 5.10 Å². The van der Waals surface area contributed by atoms with Gasteiger partial charge in [0.1, 0.15) is 6.23 Å². The van der Waals surface area contributed by atoms with Gasteiger partial charge in [0.05, 0.1) is 7.11 Å². The molecule has 2 rings (SSSR count). The molecule has 1 aliphatic heterocycles. The number of ether oxygens (including phenoxy) is 2. The molecule has 0 aliphatic carbocycles. The van der Waals surface area contributed by atoms with Crippen LogP contribution < -0.4 is 23.6 Å². The van der Waals surface area contributed by atoms with Crippen LogP contribution in [0.3, 0.4) is 0 Å². The fraction of sp³-hybridized carbons (Fsp3) is 0.667. The van der Waals surface area contributed by atoms with Crippen LogP contribution in [-0.2, 0) is 4.74 Å². The van der Waals surface area contributed by atoms with E-state index in [1.807, 2.05) is 0 Å². The first-order chi connectivity index (χ1) is 6.40. The van der Waals surface area contributed by atoms with E-state index in [0.29, 0.717) is 5.75 Å². The Morgan fingerprint density at radius 2 is 2.50 bits per heavy atom. The average molecular weight is 188 g/mol. The van der Waals surface area contributed by atoms with E-state index in [1.165, 1.54) is 6.42 Å². The first kappa shape index (κ1) is 11.6. The van der Waals surface area contributed by atoms with Crippen molar-refractivity contribution >= 4 is 0 Å². The van der Waals surface area contributed by atoms with Crippen molar-refractivity contribution in [2.75, 3.05) is 13.7 Å². The maximum Gasteiger partial charge on any atom is 1.00 e. The molecule has 0 N–H and O–H groups in total. The summed E-state index contributed by atoms with van der Waals surface area (Å²) in [5.74, 6) is 0.661. The molecular formula is C9H13LiN2O2. The number of aromatic nitrogens is 2. The van der Waals surface area contributed by atoms with Gasteiger partial charge in [-0.05, 0) is 25.0 Å². The molecule has 4 nitrogen and oxygen atoms in total. The normalized spacial score (nSPS) is 21.4. The summed E-state index contributed by atoms with van der Waals surface area (Å²) < 4.78 is 12.2. The molecule has 0 amide bonds. The Hall–Kier alpha value is -0.433. The third-order valence-electron chi connectivity index (χ3n) is 2.17. The molecular weight excluding hydrogens is 175 g/mol. The minimum Gasteiger partial charge on any atom is -0.532 e. The van der Waals surface area contributed by atoms with Gasteiger partial charge in [-0.25, -0.2) is 0 Å². The molecule has 1 aromatic heterocycles. The third-order valence-corrected chi connectivity index (χ3v) is 2.17. The van der Waals surface area contributed by atoms with Crippen molar-refractivity contribution in [1.29, 1.82) is 0 Å². The van der Waals surface area contributed by atoms with Crippen molar-refractivity contribution in [3.63, 3.8) is 0 Å². The van der Waals surface area contributed by atoms with Gasteiger partial charge in [0.2, 0.25) is 0 Å². The van der Waals surface area contributed by atoms with Crippen LogP contribution in [0.4, 0.5) is 0 Å². The van der Waals surface area contributed by atoms with Crippen LogP contribution in [-0.4, -0.2) is 23.5 Å². The van der Waals surface area contributed by atoms with Gasteiger partial charge < -0.3 is 14.2 Å². The van der Waals surface area contributed by atoms with Crippen LogP contribution in [0, 0.1) is 6.20 Å². The molecule has 1 fully saturated rings. The number of hydrogen-bond acceptors (Lipinski definition) is 3. The second-order valence-corrected chi connectivity index (χ2v) is 3.09. The summed E-state index contributed by atoms with van der Waals surface area (Å²) in [5, 5.41) is 4.12. The van der Waals surface area contributed by atoms with E-state index < -0.39 is 0 Å². The molecule has 72 valence electrons. The summed E-state index contributed by atoms with van der Waals surface area (Å²) in [5.41, 5.74) is 0. The number of nitrogens with zero attached hydrogens (tertiary/aromatic N) is 2. The van der Waals surface area contributed by atoms with E-state index >= 15 is 0 Å². The first-order valence-corrected chi connectivity index (χ1v) is 4.52. The van der Waals surface area contributed by atoms with E-state index in [1.54, 1.807) is 18.0 Å². The Labute approximate surface area is 95.7 Å². The zero-order valence-corrected chi connectivity index (χ0v) is 8.69. The Morgan fingerprint density at radius 1 is 1.64 bits per heavy atom. The monoisotopic (exact) mass is 188 g/mol. The molecule has 2 heterocycles. The summed E-state index contributed by atoms with van der Waals surface area (Å²) in [6.07, 6.45) is 8.05. The van der Waals surface area contributed by atoms with E-state index in [-0.39, 0.29) is 25.1 Å². The van der Waals surface area contributed by atoms with Crippen molar-refractivity contribution in [2.24, 2.45) is 0 Å². The fourth-order valence-corrected chi connectivity index (χ4v) is 1.45. The third kappa shape index (κ3) is 2.54. The smallest absolute Gasteiger partial charge is 0.532 e. The Bertz CT molecular complexity index is 272. The van der Waals surface area contributed by atoms with E-state index in [9.17, 15) is 0 Å². The van der Waals surface area contributed by atoms with Gasteiger partial charge in [-0.1, -0.05) is 6.20 Å². The van der Waals surface area contributed by atoms with Crippen molar-refractivity contribution < 1.29 is 28.3 Å². The molecule has 5 heteroatoms. The van der Waals surface area contributed by atoms with E-state index in [0.717, 1.165) is 19.4 Å². The number of hydrogen-bond donors (Lipinski definition) is 0. The van der Waals surface area contributed by atoms with Crippen LogP contribution in [0.5, 0.6) is 5.75 Å². The van der Waals surface area contributed by atoms with Gasteiger partial charge in [0.15, 0.2) is 0 Å². The van der Waals surface area contributed by atoms with Crippen molar-refractivity contribution in [3.8, 4) is 5.75 Å². The van der Waals surface area contributed by atoms with Crippen LogP contribution in [0.15, 0.2) is 6.20 Å². The van der Waals surface area contributed by atoms with Crippen molar-refractivity contribution in [1.82, 2.24) is 9.78 Å². The van der Waals surface area contributed by atoms with Gasteiger partial charge in [0.25, 0.3) is 0 Å². The Kier molecular flexibility index (Phi) is 4.53. The van der Waals surface area contributed by atoms with E-state index in [4.69, 9.17) is 9.47 Å². The molecule has 1 saturated heterocycles. The molecule has 14 heavy (non-hydrogen) atoms. The van der Waals surface area contributed by atoms with Crippen molar-refractivity contribution in [2.45, 2.75) is 25.5 Å². The molecule has 1 aliphatic rings.